The van der Waals surface area contributed by atoms with Crippen molar-refractivity contribution < 1.29 is 14.6 Å². The molecule has 1 aromatic heterocycles. The van der Waals surface area contributed by atoms with E-state index in [4.69, 9.17) is 16.3 Å². The lowest BCUT2D eigenvalue weighted by molar-refractivity contribution is -0.110. The fourth-order valence-corrected chi connectivity index (χ4v) is 5.09. The molecule has 5 nitrogen and oxygen atoms in total. The van der Waals surface area contributed by atoms with Crippen LogP contribution < -0.4 is 4.74 Å². The normalized spacial score (nSPS) is 27.2. The molecule has 4 rings (SSSR count). The van der Waals surface area contributed by atoms with Gasteiger partial charge in [0.2, 0.25) is 5.88 Å². The van der Waals surface area contributed by atoms with E-state index in [9.17, 15) is 9.90 Å². The SMILES string of the molecule is COc1cc(C(=O)N2CCC(O)(c3ccccc3)C3CCCCC32)cc(Cl)n1. The van der Waals surface area contributed by atoms with Gasteiger partial charge in [0.15, 0.2) is 0 Å². The fourth-order valence-electron chi connectivity index (χ4n) is 4.89. The zero-order valence-corrected chi connectivity index (χ0v) is 16.7. The molecule has 2 fully saturated rings. The van der Waals surface area contributed by atoms with Gasteiger partial charge in [0.25, 0.3) is 5.91 Å². The second-order valence-electron chi connectivity index (χ2n) is 7.72. The van der Waals surface area contributed by atoms with Crippen molar-refractivity contribution in [3.8, 4) is 5.88 Å². The van der Waals surface area contributed by atoms with Crippen LogP contribution in [0.25, 0.3) is 0 Å². The average molecular weight is 401 g/mol. The smallest absolute Gasteiger partial charge is 0.254 e. The highest BCUT2D eigenvalue weighted by atomic mass is 35.5. The Morgan fingerprint density at radius 2 is 2.00 bits per heavy atom. The highest BCUT2D eigenvalue weighted by Crippen LogP contribution is 2.47. The first kappa shape index (κ1) is 19.2. The standard InChI is InChI=1S/C22H25ClN2O3/c1-28-20-14-15(13-19(23)24-20)21(26)25-12-11-22(27,16-7-3-2-4-8-16)17-9-5-6-10-18(17)25/h2-4,7-8,13-14,17-18,27H,5-6,9-12H2,1H3. The minimum absolute atomic E-state index is 0.0122. The summed E-state index contributed by atoms with van der Waals surface area (Å²) in [5, 5.41) is 11.9. The Labute approximate surface area is 170 Å². The number of piperidine rings is 1. The van der Waals surface area contributed by atoms with Crippen molar-refractivity contribution in [2.45, 2.75) is 43.7 Å². The molecule has 2 aromatic rings. The van der Waals surface area contributed by atoms with Gasteiger partial charge in [-0.15, -0.1) is 0 Å². The summed E-state index contributed by atoms with van der Waals surface area (Å²) >= 11 is 6.07. The number of benzene rings is 1. The van der Waals surface area contributed by atoms with Gasteiger partial charge in [0, 0.05) is 30.1 Å². The van der Waals surface area contributed by atoms with E-state index in [2.05, 4.69) is 4.98 Å². The first-order valence-corrected chi connectivity index (χ1v) is 10.2. The Bertz CT molecular complexity index is 860. The van der Waals surface area contributed by atoms with Gasteiger partial charge in [-0.3, -0.25) is 4.79 Å². The number of nitrogens with zero attached hydrogens (tertiary/aromatic N) is 2. The van der Waals surface area contributed by atoms with Crippen LogP contribution >= 0.6 is 11.6 Å². The number of carbonyl (C=O) groups is 1. The second-order valence-corrected chi connectivity index (χ2v) is 8.11. The topological polar surface area (TPSA) is 62.7 Å². The first-order chi connectivity index (χ1) is 13.5. The molecule has 3 atom stereocenters. The molecule has 1 saturated carbocycles. The molecular formula is C22H25ClN2O3. The molecule has 2 heterocycles. The molecule has 0 spiro atoms. The molecule has 1 aromatic carbocycles. The van der Waals surface area contributed by atoms with Crippen LogP contribution in [0.15, 0.2) is 42.5 Å². The molecular weight excluding hydrogens is 376 g/mol. The number of pyridine rings is 1. The maximum Gasteiger partial charge on any atom is 0.254 e. The molecule has 1 aliphatic carbocycles. The van der Waals surface area contributed by atoms with E-state index < -0.39 is 5.60 Å². The highest BCUT2D eigenvalue weighted by Gasteiger charge is 2.50. The third-order valence-corrected chi connectivity index (χ3v) is 6.43. The van der Waals surface area contributed by atoms with Crippen molar-refractivity contribution >= 4 is 17.5 Å². The van der Waals surface area contributed by atoms with Crippen LogP contribution in [0.3, 0.4) is 0 Å². The van der Waals surface area contributed by atoms with E-state index in [1.54, 1.807) is 12.1 Å². The summed E-state index contributed by atoms with van der Waals surface area (Å²) in [6, 6.07) is 13.1. The van der Waals surface area contributed by atoms with Crippen molar-refractivity contribution in [3.05, 3.63) is 58.7 Å². The third kappa shape index (κ3) is 3.38. The summed E-state index contributed by atoms with van der Waals surface area (Å²) in [7, 11) is 1.50. The van der Waals surface area contributed by atoms with Crippen LogP contribution in [-0.2, 0) is 5.60 Å². The van der Waals surface area contributed by atoms with Crippen molar-refractivity contribution in [2.24, 2.45) is 5.92 Å². The van der Waals surface area contributed by atoms with Crippen molar-refractivity contribution in [1.29, 1.82) is 0 Å². The lowest BCUT2D eigenvalue weighted by Crippen LogP contribution is -2.59. The van der Waals surface area contributed by atoms with E-state index in [1.165, 1.54) is 7.11 Å². The highest BCUT2D eigenvalue weighted by molar-refractivity contribution is 6.29. The Kier molecular flexibility index (Phi) is 5.30. The van der Waals surface area contributed by atoms with E-state index in [0.29, 0.717) is 24.4 Å². The molecule has 1 aliphatic heterocycles. The summed E-state index contributed by atoms with van der Waals surface area (Å²) in [6.07, 6.45) is 4.49. The number of rotatable bonds is 3. The first-order valence-electron chi connectivity index (χ1n) is 9.83. The van der Waals surface area contributed by atoms with Crippen molar-refractivity contribution in [1.82, 2.24) is 9.88 Å². The van der Waals surface area contributed by atoms with Crippen LogP contribution in [0.2, 0.25) is 5.15 Å². The zero-order chi connectivity index (χ0) is 19.7. The fraction of sp³-hybridized carbons (Fsp3) is 0.455. The van der Waals surface area contributed by atoms with E-state index in [0.717, 1.165) is 31.2 Å². The number of hydrogen-bond acceptors (Lipinski definition) is 4. The van der Waals surface area contributed by atoms with Crippen LogP contribution in [0, 0.1) is 5.92 Å². The van der Waals surface area contributed by atoms with Gasteiger partial charge in [0.05, 0.1) is 12.7 Å². The van der Waals surface area contributed by atoms with Crippen molar-refractivity contribution in [2.75, 3.05) is 13.7 Å². The number of methoxy groups -OCH3 is 1. The largest absolute Gasteiger partial charge is 0.481 e. The lowest BCUT2D eigenvalue weighted by Gasteiger charge is -2.52. The van der Waals surface area contributed by atoms with Gasteiger partial charge in [-0.25, -0.2) is 4.98 Å². The molecule has 1 amide bonds. The summed E-state index contributed by atoms with van der Waals surface area (Å²) in [4.78, 5) is 19.3. The van der Waals surface area contributed by atoms with Gasteiger partial charge < -0.3 is 14.7 Å². The molecule has 28 heavy (non-hydrogen) atoms. The Morgan fingerprint density at radius 1 is 1.25 bits per heavy atom. The Hall–Kier alpha value is -2.11. The number of amides is 1. The van der Waals surface area contributed by atoms with Crippen LogP contribution in [-0.4, -0.2) is 40.6 Å². The second kappa shape index (κ2) is 7.72. The number of ether oxygens (including phenoxy) is 1. The molecule has 3 unspecified atom stereocenters. The van der Waals surface area contributed by atoms with Gasteiger partial charge in [-0.1, -0.05) is 54.8 Å². The summed E-state index contributed by atoms with van der Waals surface area (Å²) < 4.78 is 5.16. The van der Waals surface area contributed by atoms with Crippen molar-refractivity contribution in [3.63, 3.8) is 0 Å². The monoisotopic (exact) mass is 400 g/mol. The summed E-state index contributed by atoms with van der Waals surface area (Å²) in [6.45, 7) is 0.508. The number of aliphatic hydroxyl groups is 1. The number of aromatic nitrogens is 1. The van der Waals surface area contributed by atoms with Gasteiger partial charge >= 0.3 is 0 Å². The van der Waals surface area contributed by atoms with E-state index in [1.807, 2.05) is 35.2 Å². The maximum absolute atomic E-state index is 13.3. The maximum atomic E-state index is 13.3. The predicted octanol–water partition coefficient (Wildman–Crippen LogP) is 4.04. The average Bonchev–Trinajstić information content (AvgIpc) is 2.74. The minimum atomic E-state index is -0.892. The summed E-state index contributed by atoms with van der Waals surface area (Å²) in [5.41, 5.74) is 0.537. The molecule has 0 radical (unpaired) electrons. The Morgan fingerprint density at radius 3 is 2.75 bits per heavy atom. The molecule has 6 heteroatoms. The van der Waals surface area contributed by atoms with Crippen LogP contribution in [0.1, 0.15) is 48.0 Å². The number of likely N-dealkylation sites (tertiary alicyclic amines) is 1. The minimum Gasteiger partial charge on any atom is -0.481 e. The van der Waals surface area contributed by atoms with Gasteiger partial charge in [0.1, 0.15) is 5.15 Å². The predicted molar refractivity (Wildman–Crippen MR) is 108 cm³/mol. The third-order valence-electron chi connectivity index (χ3n) is 6.24. The number of carbonyl (C=O) groups excluding carboxylic acids is 1. The lowest BCUT2D eigenvalue weighted by atomic mass is 9.66. The van der Waals surface area contributed by atoms with E-state index in [-0.39, 0.29) is 23.0 Å². The van der Waals surface area contributed by atoms with Gasteiger partial charge in [-0.05, 0) is 30.9 Å². The molecule has 1 saturated heterocycles. The molecule has 148 valence electrons. The number of halogens is 1. The quantitative estimate of drug-likeness (QED) is 0.790. The van der Waals surface area contributed by atoms with Gasteiger partial charge in [-0.2, -0.15) is 0 Å². The van der Waals surface area contributed by atoms with Crippen LogP contribution in [0.4, 0.5) is 0 Å². The molecule has 0 bridgehead atoms. The molecule has 2 aliphatic rings. The Balaban J connectivity index is 1.66. The number of fused-ring (bicyclic) bond motifs is 1. The molecule has 1 N–H and O–H groups in total. The zero-order valence-electron chi connectivity index (χ0n) is 16.0. The van der Waals surface area contributed by atoms with Crippen LogP contribution in [0.5, 0.6) is 5.88 Å². The number of hydrogen-bond donors (Lipinski definition) is 1. The van der Waals surface area contributed by atoms with E-state index >= 15 is 0 Å². The summed E-state index contributed by atoms with van der Waals surface area (Å²) in [5.74, 6) is 0.281.